The molecule has 1 aliphatic heterocycles. The minimum absolute atomic E-state index is 0.0910. The molecule has 1 aromatic rings. The van der Waals surface area contributed by atoms with Crippen molar-refractivity contribution in [2.24, 2.45) is 0 Å². The molecule has 1 aromatic heterocycles. The van der Waals surface area contributed by atoms with E-state index in [2.05, 4.69) is 15.2 Å². The second-order valence-corrected chi connectivity index (χ2v) is 6.31. The van der Waals surface area contributed by atoms with E-state index in [0.717, 1.165) is 44.6 Å². The van der Waals surface area contributed by atoms with Crippen LogP contribution in [0.5, 0.6) is 0 Å². The van der Waals surface area contributed by atoms with Crippen molar-refractivity contribution in [1.29, 1.82) is 0 Å². The summed E-state index contributed by atoms with van der Waals surface area (Å²) in [7, 11) is 0. The molecule has 1 saturated heterocycles. The molecule has 2 N–H and O–H groups in total. The number of anilines is 1. The molecule has 19 heavy (non-hydrogen) atoms. The molecule has 0 spiro atoms. The molecule has 1 aliphatic rings. The van der Waals surface area contributed by atoms with Crippen molar-refractivity contribution in [2.45, 2.75) is 45.3 Å². The highest BCUT2D eigenvalue weighted by Crippen LogP contribution is 2.23. The summed E-state index contributed by atoms with van der Waals surface area (Å²) in [6.07, 6.45) is 2.67. The van der Waals surface area contributed by atoms with Gasteiger partial charge in [0, 0.05) is 25.4 Å². The van der Waals surface area contributed by atoms with Crippen molar-refractivity contribution in [3.63, 3.8) is 0 Å². The van der Waals surface area contributed by atoms with Crippen molar-refractivity contribution in [1.82, 2.24) is 9.88 Å². The van der Waals surface area contributed by atoms with Crippen LogP contribution >= 0.6 is 11.3 Å². The van der Waals surface area contributed by atoms with Crippen LogP contribution in [0.25, 0.3) is 0 Å². The van der Waals surface area contributed by atoms with Gasteiger partial charge in [-0.3, -0.25) is 9.69 Å². The molecule has 6 heteroatoms. The number of nitrogens with one attached hydrogen (secondary N) is 1. The van der Waals surface area contributed by atoms with E-state index in [-0.39, 0.29) is 5.91 Å². The molecular weight excluding hydrogens is 262 g/mol. The number of aromatic nitrogens is 1. The maximum Gasteiger partial charge on any atom is 0.223 e. The van der Waals surface area contributed by atoms with E-state index in [1.165, 1.54) is 18.3 Å². The van der Waals surface area contributed by atoms with Crippen LogP contribution in [0.15, 0.2) is 5.38 Å². The van der Waals surface area contributed by atoms with Crippen molar-refractivity contribution in [3.8, 4) is 0 Å². The molecule has 0 aliphatic carbocycles. The highest BCUT2D eigenvalue weighted by Gasteiger charge is 2.25. The largest absolute Gasteiger partial charge is 0.390 e. The smallest absolute Gasteiger partial charge is 0.223 e. The molecule has 1 atom stereocenters. The van der Waals surface area contributed by atoms with Gasteiger partial charge in [-0.15, -0.1) is 11.3 Å². The van der Waals surface area contributed by atoms with Crippen LogP contribution in [-0.2, 0) is 11.3 Å². The van der Waals surface area contributed by atoms with Gasteiger partial charge in [-0.1, -0.05) is 0 Å². The molecule has 2 heterocycles. The fraction of sp³-hybridized carbons (Fsp3) is 0.692. The number of carbonyl (C=O) groups excluding carboxylic acids is 1. The second-order valence-electron chi connectivity index (χ2n) is 5.45. The Morgan fingerprint density at radius 3 is 3.11 bits per heavy atom. The number of carbonyl (C=O) groups is 1. The maximum atomic E-state index is 10.9. The van der Waals surface area contributed by atoms with Gasteiger partial charge in [-0.05, 0) is 32.7 Å². The van der Waals surface area contributed by atoms with Crippen LogP contribution in [0.3, 0.4) is 0 Å². The van der Waals surface area contributed by atoms with Crippen molar-refractivity contribution >= 4 is 22.4 Å². The van der Waals surface area contributed by atoms with E-state index < -0.39 is 5.60 Å². The van der Waals surface area contributed by atoms with E-state index in [4.69, 9.17) is 0 Å². The van der Waals surface area contributed by atoms with E-state index in [1.807, 2.05) is 12.3 Å². The summed E-state index contributed by atoms with van der Waals surface area (Å²) in [6, 6.07) is 0. The lowest BCUT2D eigenvalue weighted by Crippen LogP contribution is -2.28. The van der Waals surface area contributed by atoms with Crippen LogP contribution in [-0.4, -0.2) is 39.6 Å². The monoisotopic (exact) mass is 283 g/mol. The minimum Gasteiger partial charge on any atom is -0.390 e. The Balaban J connectivity index is 1.90. The predicted molar refractivity (Wildman–Crippen MR) is 76.2 cm³/mol. The first-order chi connectivity index (χ1) is 8.94. The van der Waals surface area contributed by atoms with E-state index in [1.54, 1.807) is 0 Å². The summed E-state index contributed by atoms with van der Waals surface area (Å²) in [5.74, 6) is -0.0910. The average Bonchev–Trinajstić information content (AvgIpc) is 2.64. The molecule has 2 rings (SSSR count). The van der Waals surface area contributed by atoms with Gasteiger partial charge in [0.1, 0.15) is 0 Å². The molecule has 0 radical (unpaired) electrons. The van der Waals surface area contributed by atoms with Crippen LogP contribution in [0, 0.1) is 0 Å². The number of thiazole rings is 1. The Kier molecular flexibility index (Phi) is 4.54. The SMILES string of the molecule is CC(=O)Nc1nc(CN2CCCC(C)(O)CC2)cs1. The van der Waals surface area contributed by atoms with Crippen molar-refractivity contribution in [3.05, 3.63) is 11.1 Å². The normalized spacial score (nSPS) is 25.0. The lowest BCUT2D eigenvalue weighted by Gasteiger charge is -2.21. The fourth-order valence-electron chi connectivity index (χ4n) is 2.29. The third-order valence-corrected chi connectivity index (χ3v) is 4.18. The Morgan fingerprint density at radius 1 is 1.58 bits per heavy atom. The summed E-state index contributed by atoms with van der Waals surface area (Å²) >= 11 is 1.45. The van der Waals surface area contributed by atoms with Gasteiger partial charge in [-0.25, -0.2) is 4.98 Å². The Hall–Kier alpha value is -0.980. The van der Waals surface area contributed by atoms with Gasteiger partial charge in [0.25, 0.3) is 0 Å². The molecule has 106 valence electrons. The van der Waals surface area contributed by atoms with Crippen LogP contribution in [0.1, 0.15) is 38.8 Å². The first-order valence-corrected chi connectivity index (χ1v) is 7.49. The molecular formula is C13H21N3O2S. The van der Waals surface area contributed by atoms with E-state index in [9.17, 15) is 9.90 Å². The standard InChI is InChI=1S/C13H21N3O2S/c1-10(17)14-12-15-11(9-19-12)8-16-6-3-4-13(2,18)5-7-16/h9,18H,3-8H2,1-2H3,(H,14,15,17). The molecule has 0 aromatic carbocycles. The molecule has 0 saturated carbocycles. The van der Waals surface area contributed by atoms with Crippen molar-refractivity contribution < 1.29 is 9.90 Å². The van der Waals surface area contributed by atoms with E-state index >= 15 is 0 Å². The predicted octanol–water partition coefficient (Wildman–Crippen LogP) is 1.84. The average molecular weight is 283 g/mol. The molecule has 5 nitrogen and oxygen atoms in total. The summed E-state index contributed by atoms with van der Waals surface area (Å²) in [5.41, 5.74) is 0.452. The van der Waals surface area contributed by atoms with Gasteiger partial charge in [0.2, 0.25) is 5.91 Å². The van der Waals surface area contributed by atoms with Gasteiger partial charge in [0.15, 0.2) is 5.13 Å². The van der Waals surface area contributed by atoms with Gasteiger partial charge < -0.3 is 10.4 Å². The maximum absolute atomic E-state index is 10.9. The van der Waals surface area contributed by atoms with Crippen LogP contribution < -0.4 is 5.32 Å². The van der Waals surface area contributed by atoms with Gasteiger partial charge >= 0.3 is 0 Å². The summed E-state index contributed by atoms with van der Waals surface area (Å²) in [6.45, 7) is 6.06. The molecule has 0 bridgehead atoms. The summed E-state index contributed by atoms with van der Waals surface area (Å²) in [5, 5.41) is 15.4. The zero-order valence-corrected chi connectivity index (χ0v) is 12.3. The summed E-state index contributed by atoms with van der Waals surface area (Å²) < 4.78 is 0. The lowest BCUT2D eigenvalue weighted by molar-refractivity contribution is -0.114. The Labute approximate surface area is 117 Å². The van der Waals surface area contributed by atoms with Gasteiger partial charge in [-0.2, -0.15) is 0 Å². The third kappa shape index (κ3) is 4.56. The second kappa shape index (κ2) is 5.98. The van der Waals surface area contributed by atoms with Gasteiger partial charge in [0.05, 0.1) is 11.3 Å². The Morgan fingerprint density at radius 2 is 2.37 bits per heavy atom. The number of aliphatic hydroxyl groups is 1. The fourth-order valence-corrected chi connectivity index (χ4v) is 3.04. The molecule has 1 unspecified atom stereocenters. The first kappa shape index (κ1) is 14.4. The van der Waals surface area contributed by atoms with E-state index in [0.29, 0.717) is 5.13 Å². The minimum atomic E-state index is -0.530. The summed E-state index contributed by atoms with van der Waals surface area (Å²) in [4.78, 5) is 17.7. The number of hydrogen-bond donors (Lipinski definition) is 2. The highest BCUT2D eigenvalue weighted by molar-refractivity contribution is 7.13. The van der Waals surface area contributed by atoms with Crippen LogP contribution in [0.4, 0.5) is 5.13 Å². The lowest BCUT2D eigenvalue weighted by atomic mass is 9.98. The highest BCUT2D eigenvalue weighted by atomic mass is 32.1. The zero-order chi connectivity index (χ0) is 13.9. The third-order valence-electron chi connectivity index (χ3n) is 3.38. The number of amides is 1. The number of nitrogens with zero attached hydrogens (tertiary/aromatic N) is 2. The zero-order valence-electron chi connectivity index (χ0n) is 11.5. The first-order valence-electron chi connectivity index (χ1n) is 6.61. The molecule has 1 amide bonds. The topological polar surface area (TPSA) is 65.5 Å². The Bertz CT molecular complexity index is 445. The number of rotatable bonds is 3. The van der Waals surface area contributed by atoms with Crippen molar-refractivity contribution in [2.75, 3.05) is 18.4 Å². The number of hydrogen-bond acceptors (Lipinski definition) is 5. The molecule has 1 fully saturated rings. The number of likely N-dealkylation sites (tertiary alicyclic amines) is 1. The van der Waals surface area contributed by atoms with Crippen LogP contribution in [0.2, 0.25) is 0 Å². The quantitative estimate of drug-likeness (QED) is 0.888.